The van der Waals surface area contributed by atoms with E-state index in [9.17, 15) is 4.79 Å². The Kier molecular flexibility index (Phi) is 5.55. The zero-order chi connectivity index (χ0) is 15.9. The molecule has 0 aliphatic carbocycles. The van der Waals surface area contributed by atoms with Crippen LogP contribution in [0.5, 0.6) is 5.75 Å². The molecular weight excluding hydrogens is 276 g/mol. The second-order valence-corrected chi connectivity index (χ2v) is 5.20. The zero-order valence-electron chi connectivity index (χ0n) is 13.0. The Balaban J connectivity index is 1.99. The van der Waals surface area contributed by atoms with Gasteiger partial charge in [0, 0.05) is 5.69 Å². The molecule has 1 amide bonds. The number of hydrogen-bond acceptors (Lipinski definition) is 3. The van der Waals surface area contributed by atoms with Gasteiger partial charge in [-0.05, 0) is 49.6 Å². The maximum absolute atomic E-state index is 12.2. The molecule has 0 aliphatic rings. The second kappa shape index (κ2) is 7.61. The fourth-order valence-corrected chi connectivity index (χ4v) is 2.22. The molecule has 4 heteroatoms. The Hall–Kier alpha value is -2.33. The molecule has 4 nitrogen and oxygen atoms in total. The molecule has 116 valence electrons. The zero-order valence-corrected chi connectivity index (χ0v) is 13.0. The minimum Gasteiger partial charge on any atom is -0.494 e. The molecule has 0 saturated carbocycles. The van der Waals surface area contributed by atoms with Crippen LogP contribution in [0.4, 0.5) is 5.69 Å². The van der Waals surface area contributed by atoms with E-state index < -0.39 is 6.04 Å². The molecule has 0 unspecified atom stereocenters. The Morgan fingerprint density at radius 3 is 2.59 bits per heavy atom. The molecule has 2 rings (SSSR count). The quantitative estimate of drug-likeness (QED) is 0.862. The number of nitrogens with one attached hydrogen (secondary N) is 1. The minimum absolute atomic E-state index is 0.184. The minimum atomic E-state index is -0.576. The normalized spacial score (nSPS) is 11.8. The van der Waals surface area contributed by atoms with Crippen LogP contribution >= 0.6 is 0 Å². The van der Waals surface area contributed by atoms with Gasteiger partial charge in [0.05, 0.1) is 12.6 Å². The highest BCUT2D eigenvalue weighted by molar-refractivity contribution is 5.95. The summed E-state index contributed by atoms with van der Waals surface area (Å²) < 4.78 is 5.44. The van der Waals surface area contributed by atoms with E-state index in [1.54, 1.807) is 0 Å². The first-order valence-corrected chi connectivity index (χ1v) is 7.44. The Labute approximate surface area is 131 Å². The van der Waals surface area contributed by atoms with Gasteiger partial charge in [-0.3, -0.25) is 4.79 Å². The van der Waals surface area contributed by atoms with Crippen molar-refractivity contribution in [3.8, 4) is 5.75 Å². The summed E-state index contributed by atoms with van der Waals surface area (Å²) in [4.78, 5) is 12.2. The number of rotatable bonds is 6. The summed E-state index contributed by atoms with van der Waals surface area (Å²) in [7, 11) is 0. The number of amides is 1. The van der Waals surface area contributed by atoms with E-state index in [0.29, 0.717) is 13.0 Å². The van der Waals surface area contributed by atoms with Crippen molar-refractivity contribution in [2.24, 2.45) is 5.73 Å². The molecule has 2 aromatic rings. The fraction of sp³-hybridized carbons (Fsp3) is 0.278. The van der Waals surface area contributed by atoms with Gasteiger partial charge in [0.2, 0.25) is 5.91 Å². The smallest absolute Gasteiger partial charge is 0.241 e. The van der Waals surface area contributed by atoms with Crippen LogP contribution in [-0.4, -0.2) is 18.6 Å². The van der Waals surface area contributed by atoms with Crippen molar-refractivity contribution in [3.63, 3.8) is 0 Å². The van der Waals surface area contributed by atoms with Gasteiger partial charge in [-0.1, -0.05) is 30.3 Å². The second-order valence-electron chi connectivity index (χ2n) is 5.20. The monoisotopic (exact) mass is 298 g/mol. The highest BCUT2D eigenvalue weighted by Gasteiger charge is 2.15. The molecule has 22 heavy (non-hydrogen) atoms. The first-order chi connectivity index (χ1) is 10.6. The van der Waals surface area contributed by atoms with Crippen LogP contribution in [0.1, 0.15) is 18.1 Å². The Morgan fingerprint density at radius 1 is 1.23 bits per heavy atom. The van der Waals surface area contributed by atoms with Gasteiger partial charge in [-0.2, -0.15) is 0 Å². The van der Waals surface area contributed by atoms with E-state index in [1.165, 1.54) is 0 Å². The lowest BCUT2D eigenvalue weighted by Crippen LogP contribution is -2.37. The van der Waals surface area contributed by atoms with Gasteiger partial charge < -0.3 is 15.8 Å². The van der Waals surface area contributed by atoms with Crippen LogP contribution in [0.25, 0.3) is 0 Å². The van der Waals surface area contributed by atoms with Crippen molar-refractivity contribution in [1.29, 1.82) is 0 Å². The van der Waals surface area contributed by atoms with E-state index in [1.807, 2.05) is 62.4 Å². The Bertz CT molecular complexity index is 626. The SMILES string of the molecule is CCOc1ccc(NC(=O)[C@@H](N)Cc2ccccc2)c(C)c1. The topological polar surface area (TPSA) is 64.3 Å². The van der Waals surface area contributed by atoms with Gasteiger partial charge in [0.25, 0.3) is 0 Å². The van der Waals surface area contributed by atoms with Crippen molar-refractivity contribution < 1.29 is 9.53 Å². The third-order valence-corrected chi connectivity index (χ3v) is 3.40. The van der Waals surface area contributed by atoms with Crippen LogP contribution in [0, 0.1) is 6.92 Å². The van der Waals surface area contributed by atoms with E-state index in [0.717, 1.165) is 22.6 Å². The lowest BCUT2D eigenvalue weighted by molar-refractivity contribution is -0.117. The largest absolute Gasteiger partial charge is 0.494 e. The van der Waals surface area contributed by atoms with Gasteiger partial charge in [0.1, 0.15) is 5.75 Å². The highest BCUT2D eigenvalue weighted by Crippen LogP contribution is 2.21. The summed E-state index contributed by atoms with van der Waals surface area (Å²) in [6, 6.07) is 14.8. The summed E-state index contributed by atoms with van der Waals surface area (Å²) in [5.74, 6) is 0.614. The van der Waals surface area contributed by atoms with Crippen molar-refractivity contribution >= 4 is 11.6 Å². The van der Waals surface area contributed by atoms with Crippen molar-refractivity contribution in [3.05, 3.63) is 59.7 Å². The van der Waals surface area contributed by atoms with Crippen molar-refractivity contribution in [2.75, 3.05) is 11.9 Å². The number of ether oxygens (including phenoxy) is 1. The fourth-order valence-electron chi connectivity index (χ4n) is 2.22. The van der Waals surface area contributed by atoms with Crippen LogP contribution in [0.3, 0.4) is 0 Å². The lowest BCUT2D eigenvalue weighted by atomic mass is 10.1. The van der Waals surface area contributed by atoms with Gasteiger partial charge >= 0.3 is 0 Å². The first kappa shape index (κ1) is 16.0. The molecule has 0 aromatic heterocycles. The molecule has 0 spiro atoms. The number of hydrogen-bond donors (Lipinski definition) is 2. The summed E-state index contributed by atoms with van der Waals surface area (Å²) in [6.45, 7) is 4.49. The predicted molar refractivity (Wildman–Crippen MR) is 89.1 cm³/mol. The van der Waals surface area contributed by atoms with Gasteiger partial charge in [-0.15, -0.1) is 0 Å². The van der Waals surface area contributed by atoms with Crippen LogP contribution in [0.15, 0.2) is 48.5 Å². The molecule has 0 fully saturated rings. The predicted octanol–water partition coefficient (Wildman–Crippen LogP) is 2.90. The summed E-state index contributed by atoms with van der Waals surface area (Å²) in [5.41, 5.74) is 8.75. The van der Waals surface area contributed by atoms with E-state index >= 15 is 0 Å². The van der Waals surface area contributed by atoms with E-state index in [-0.39, 0.29) is 5.91 Å². The van der Waals surface area contributed by atoms with Gasteiger partial charge in [0.15, 0.2) is 0 Å². The van der Waals surface area contributed by atoms with Crippen LogP contribution < -0.4 is 15.8 Å². The standard InChI is InChI=1S/C18H22N2O2/c1-3-22-15-9-10-17(13(2)11-15)20-18(21)16(19)12-14-7-5-4-6-8-14/h4-11,16H,3,12,19H2,1-2H3,(H,20,21)/t16-/m0/s1. The average molecular weight is 298 g/mol. The van der Waals surface area contributed by atoms with Crippen molar-refractivity contribution in [1.82, 2.24) is 0 Å². The number of carbonyl (C=O) groups excluding carboxylic acids is 1. The molecule has 0 heterocycles. The summed E-state index contributed by atoms with van der Waals surface area (Å²) in [5, 5.41) is 2.88. The lowest BCUT2D eigenvalue weighted by Gasteiger charge is -2.14. The molecule has 0 saturated heterocycles. The molecule has 0 radical (unpaired) electrons. The molecule has 0 bridgehead atoms. The number of benzene rings is 2. The number of nitrogens with two attached hydrogens (primary N) is 1. The van der Waals surface area contributed by atoms with Crippen molar-refractivity contribution in [2.45, 2.75) is 26.3 Å². The Morgan fingerprint density at radius 2 is 1.95 bits per heavy atom. The average Bonchev–Trinajstić information content (AvgIpc) is 2.51. The number of aryl methyl sites for hydroxylation is 1. The van der Waals surface area contributed by atoms with E-state index in [4.69, 9.17) is 10.5 Å². The number of anilines is 1. The first-order valence-electron chi connectivity index (χ1n) is 7.44. The summed E-state index contributed by atoms with van der Waals surface area (Å²) >= 11 is 0. The summed E-state index contributed by atoms with van der Waals surface area (Å²) in [6.07, 6.45) is 0.517. The third kappa shape index (κ3) is 4.33. The molecule has 1 atom stereocenters. The number of carbonyl (C=O) groups is 1. The molecule has 0 aliphatic heterocycles. The third-order valence-electron chi connectivity index (χ3n) is 3.40. The highest BCUT2D eigenvalue weighted by atomic mass is 16.5. The van der Waals surface area contributed by atoms with Crippen LogP contribution in [0.2, 0.25) is 0 Å². The molecule has 2 aromatic carbocycles. The molecular formula is C18H22N2O2. The maximum atomic E-state index is 12.2. The maximum Gasteiger partial charge on any atom is 0.241 e. The van der Waals surface area contributed by atoms with E-state index in [2.05, 4.69) is 5.32 Å². The molecule has 3 N–H and O–H groups in total. The van der Waals surface area contributed by atoms with Crippen LogP contribution in [-0.2, 0) is 11.2 Å². The van der Waals surface area contributed by atoms with Gasteiger partial charge in [-0.25, -0.2) is 0 Å².